The zero-order valence-electron chi connectivity index (χ0n) is 7.85. The Balaban J connectivity index is 3.08. The Hall–Kier alpha value is -1.97. The molecule has 0 saturated carbocycles. The van der Waals surface area contributed by atoms with Gasteiger partial charge in [-0.15, -0.1) is 0 Å². The van der Waals surface area contributed by atoms with Crippen molar-refractivity contribution in [3.8, 4) is 0 Å². The fraction of sp³-hybridized carbons (Fsp3) is 0. The quantitative estimate of drug-likeness (QED) is 0.282. The molecule has 0 saturated heterocycles. The molecular weight excluding hydrogens is 238 g/mol. The third-order valence-electron chi connectivity index (χ3n) is 1.54. The first-order chi connectivity index (χ1) is 7.47. The van der Waals surface area contributed by atoms with E-state index >= 15 is 0 Å². The molecule has 0 fully saturated rings. The highest BCUT2D eigenvalue weighted by Gasteiger charge is 2.17. The van der Waals surface area contributed by atoms with Gasteiger partial charge < -0.3 is 5.73 Å². The summed E-state index contributed by atoms with van der Waals surface area (Å²) < 4.78 is 0. The smallest absolute Gasteiger partial charge is 0.351 e. The zero-order valence-corrected chi connectivity index (χ0v) is 8.60. The topological polar surface area (TPSA) is 153 Å². The first kappa shape index (κ1) is 12.1. The number of halogens is 1. The van der Waals surface area contributed by atoms with E-state index in [1.165, 1.54) is 0 Å². The summed E-state index contributed by atoms with van der Waals surface area (Å²) in [4.78, 5) is 29.0. The largest absolute Gasteiger partial charge is 0.364 e. The highest BCUT2D eigenvalue weighted by Crippen LogP contribution is 2.18. The van der Waals surface area contributed by atoms with Crippen molar-refractivity contribution in [2.45, 2.75) is 0 Å². The fourth-order valence-corrected chi connectivity index (χ4v) is 1.04. The molecule has 1 heterocycles. The van der Waals surface area contributed by atoms with Crippen LogP contribution in [0.15, 0.2) is 6.20 Å². The van der Waals surface area contributed by atoms with E-state index in [0.29, 0.717) is 5.01 Å². The van der Waals surface area contributed by atoms with Crippen LogP contribution >= 0.6 is 11.6 Å². The van der Waals surface area contributed by atoms with E-state index in [4.69, 9.17) is 29.0 Å². The van der Waals surface area contributed by atoms with Crippen molar-refractivity contribution < 1.29 is 9.59 Å². The molecule has 0 aromatic carbocycles. The number of rotatable bonds is 2. The fourth-order valence-electron chi connectivity index (χ4n) is 0.806. The van der Waals surface area contributed by atoms with Gasteiger partial charge in [0.1, 0.15) is 5.69 Å². The van der Waals surface area contributed by atoms with Crippen LogP contribution in [0.2, 0.25) is 5.15 Å². The van der Waals surface area contributed by atoms with Crippen molar-refractivity contribution in [1.82, 2.24) is 15.4 Å². The van der Waals surface area contributed by atoms with Crippen molar-refractivity contribution in [1.29, 1.82) is 0 Å². The number of urea groups is 1. The molecule has 1 aromatic rings. The molecule has 0 bridgehead atoms. The van der Waals surface area contributed by atoms with E-state index in [2.05, 4.69) is 9.97 Å². The molecule has 9 nitrogen and oxygen atoms in total. The van der Waals surface area contributed by atoms with Crippen LogP contribution in [0.4, 0.5) is 10.6 Å². The lowest BCUT2D eigenvalue weighted by Crippen LogP contribution is -2.48. The number of hydrazine groups is 2. The Bertz CT molecular complexity index is 437. The van der Waals surface area contributed by atoms with Crippen molar-refractivity contribution in [3.05, 3.63) is 17.0 Å². The number of nitrogens with zero attached hydrogens (tertiary/aromatic N) is 3. The third kappa shape index (κ3) is 2.34. The number of carbonyl (C=O) groups is 2. The molecule has 3 amide bonds. The molecule has 16 heavy (non-hydrogen) atoms. The number of aromatic nitrogens is 2. The van der Waals surface area contributed by atoms with E-state index in [9.17, 15) is 9.59 Å². The van der Waals surface area contributed by atoms with Gasteiger partial charge in [-0.25, -0.2) is 31.5 Å². The predicted octanol–water partition coefficient (Wildman–Crippen LogP) is -1.51. The van der Waals surface area contributed by atoms with Crippen LogP contribution in [-0.2, 0) is 0 Å². The first-order valence-electron chi connectivity index (χ1n) is 3.85. The number of hydrogen-bond donors (Lipinski definition) is 4. The van der Waals surface area contributed by atoms with Crippen LogP contribution in [0.25, 0.3) is 0 Å². The number of anilines is 1. The standard InChI is InChI=1S/C6H8ClN7O2/c7-3-5(14(10)6(16)13-9)11-1-2(12-3)4(8)15/h1H,9-10H2,(H2,8,15)(H,13,16). The van der Waals surface area contributed by atoms with Gasteiger partial charge in [0.25, 0.3) is 5.91 Å². The molecule has 0 aliphatic heterocycles. The maximum Gasteiger partial charge on any atom is 0.351 e. The summed E-state index contributed by atoms with van der Waals surface area (Å²) in [6.07, 6.45) is 1.03. The minimum atomic E-state index is -0.844. The van der Waals surface area contributed by atoms with Crippen molar-refractivity contribution in [2.24, 2.45) is 17.4 Å². The summed E-state index contributed by atoms with van der Waals surface area (Å²) in [5.74, 6) is 9.21. The summed E-state index contributed by atoms with van der Waals surface area (Å²) in [7, 11) is 0. The summed E-state index contributed by atoms with van der Waals surface area (Å²) in [5, 5.41) is 0.294. The molecule has 1 aromatic heterocycles. The first-order valence-corrected chi connectivity index (χ1v) is 4.23. The lowest BCUT2D eigenvalue weighted by Gasteiger charge is -2.15. The number of nitrogens with one attached hydrogen (secondary N) is 1. The second-order valence-electron chi connectivity index (χ2n) is 2.55. The molecule has 86 valence electrons. The van der Waals surface area contributed by atoms with Crippen LogP contribution in [0.5, 0.6) is 0 Å². The Morgan fingerprint density at radius 1 is 1.50 bits per heavy atom. The zero-order chi connectivity index (χ0) is 12.3. The maximum absolute atomic E-state index is 11.0. The van der Waals surface area contributed by atoms with Gasteiger partial charge in [-0.1, -0.05) is 11.6 Å². The average molecular weight is 246 g/mol. The lowest BCUT2D eigenvalue weighted by atomic mass is 10.4. The van der Waals surface area contributed by atoms with Gasteiger partial charge in [0.15, 0.2) is 11.0 Å². The average Bonchev–Trinajstić information content (AvgIpc) is 2.26. The number of carbonyl (C=O) groups excluding carboxylic acids is 2. The minimum absolute atomic E-state index is 0.143. The van der Waals surface area contributed by atoms with E-state index in [1.54, 1.807) is 5.43 Å². The van der Waals surface area contributed by atoms with Gasteiger partial charge in [0, 0.05) is 0 Å². The van der Waals surface area contributed by atoms with E-state index in [1.807, 2.05) is 0 Å². The molecule has 0 atom stereocenters. The Morgan fingerprint density at radius 3 is 2.56 bits per heavy atom. The molecule has 0 radical (unpaired) electrons. The number of nitrogens with two attached hydrogens (primary N) is 3. The summed E-state index contributed by atoms with van der Waals surface area (Å²) in [6, 6.07) is -0.844. The van der Waals surface area contributed by atoms with Gasteiger partial charge in [-0.3, -0.25) is 10.2 Å². The number of hydrogen-bond acceptors (Lipinski definition) is 6. The Labute approximate surface area is 94.5 Å². The Morgan fingerprint density at radius 2 is 2.12 bits per heavy atom. The van der Waals surface area contributed by atoms with Gasteiger partial charge >= 0.3 is 6.03 Å². The van der Waals surface area contributed by atoms with E-state index in [-0.39, 0.29) is 16.7 Å². The van der Waals surface area contributed by atoms with E-state index < -0.39 is 11.9 Å². The van der Waals surface area contributed by atoms with Gasteiger partial charge in [0.2, 0.25) is 0 Å². The van der Waals surface area contributed by atoms with Crippen LogP contribution in [0, 0.1) is 0 Å². The molecular formula is C6H8ClN7O2. The minimum Gasteiger partial charge on any atom is -0.364 e. The highest BCUT2D eigenvalue weighted by atomic mass is 35.5. The highest BCUT2D eigenvalue weighted by molar-refractivity contribution is 6.32. The molecule has 10 heteroatoms. The molecule has 0 unspecified atom stereocenters. The van der Waals surface area contributed by atoms with Crippen LogP contribution in [-0.4, -0.2) is 21.9 Å². The van der Waals surface area contributed by atoms with Crippen LogP contribution in [0.1, 0.15) is 10.5 Å². The van der Waals surface area contributed by atoms with Gasteiger partial charge in [-0.2, -0.15) is 0 Å². The SMILES string of the molecule is NNC(=O)N(N)c1ncc(C(N)=O)nc1Cl. The molecule has 1 rings (SSSR count). The molecule has 0 aliphatic carbocycles. The summed E-state index contributed by atoms with van der Waals surface area (Å²) >= 11 is 5.65. The summed E-state index contributed by atoms with van der Waals surface area (Å²) in [5.41, 5.74) is 6.58. The molecule has 0 aliphatic rings. The van der Waals surface area contributed by atoms with Crippen LogP contribution < -0.4 is 27.9 Å². The maximum atomic E-state index is 11.0. The van der Waals surface area contributed by atoms with Crippen molar-refractivity contribution >= 4 is 29.4 Å². The predicted molar refractivity (Wildman–Crippen MR) is 54.9 cm³/mol. The number of primary amides is 1. The lowest BCUT2D eigenvalue weighted by molar-refractivity contribution is 0.0995. The van der Waals surface area contributed by atoms with Crippen molar-refractivity contribution in [3.63, 3.8) is 0 Å². The monoisotopic (exact) mass is 245 g/mol. The normalized spacial score (nSPS) is 9.69. The molecule has 7 N–H and O–H groups in total. The summed E-state index contributed by atoms with van der Waals surface area (Å²) in [6.45, 7) is 0. The second-order valence-corrected chi connectivity index (χ2v) is 2.91. The molecule has 0 spiro atoms. The van der Waals surface area contributed by atoms with Gasteiger partial charge in [-0.05, 0) is 0 Å². The third-order valence-corrected chi connectivity index (χ3v) is 1.79. The van der Waals surface area contributed by atoms with Crippen LogP contribution in [0.3, 0.4) is 0 Å². The van der Waals surface area contributed by atoms with Gasteiger partial charge in [0.05, 0.1) is 6.20 Å². The van der Waals surface area contributed by atoms with E-state index in [0.717, 1.165) is 6.20 Å². The Kier molecular flexibility index (Phi) is 3.55. The second kappa shape index (κ2) is 4.70. The van der Waals surface area contributed by atoms with Crippen molar-refractivity contribution in [2.75, 3.05) is 5.01 Å². The number of amides is 3.